The van der Waals surface area contributed by atoms with E-state index in [2.05, 4.69) is 16.2 Å². The average Bonchev–Trinajstić information content (AvgIpc) is 3.39. The molecule has 3 N–H and O–H groups in total. The van der Waals surface area contributed by atoms with Gasteiger partial charge in [-0.15, -0.1) is 11.3 Å². The molecule has 0 fully saturated rings. The number of amides is 1. The number of hydrogen-bond acceptors (Lipinski definition) is 6. The number of anilines is 3. The van der Waals surface area contributed by atoms with Gasteiger partial charge in [0.15, 0.2) is 10.2 Å². The quantitative estimate of drug-likeness (QED) is 0.187. The first-order valence-electron chi connectivity index (χ1n) is 11.1. The van der Waals surface area contributed by atoms with Crippen LogP contribution in [0.3, 0.4) is 0 Å². The van der Waals surface area contributed by atoms with E-state index in [4.69, 9.17) is 33.5 Å². The first-order valence-corrected chi connectivity index (χ1v) is 12.7. The van der Waals surface area contributed by atoms with Crippen molar-refractivity contribution >= 4 is 62.7 Å². The Morgan fingerprint density at radius 3 is 2.44 bits per heavy atom. The van der Waals surface area contributed by atoms with E-state index in [0.29, 0.717) is 16.7 Å². The summed E-state index contributed by atoms with van der Waals surface area (Å²) < 4.78 is 5.29. The van der Waals surface area contributed by atoms with Crippen LogP contribution in [-0.2, 0) is 4.79 Å². The second-order valence-corrected chi connectivity index (χ2v) is 9.30. The molecule has 0 spiro atoms. The third kappa shape index (κ3) is 6.94. The fraction of sp³-hybridized carbons (Fsp3) is 0.115. The van der Waals surface area contributed by atoms with Gasteiger partial charge in [0.2, 0.25) is 5.91 Å². The van der Waals surface area contributed by atoms with Crippen molar-refractivity contribution in [3.05, 3.63) is 89.3 Å². The summed E-state index contributed by atoms with van der Waals surface area (Å²) in [6.07, 6.45) is 0.211. The molecule has 1 heterocycles. The Labute approximate surface area is 224 Å². The maximum absolute atomic E-state index is 12.6. The lowest BCUT2D eigenvalue weighted by Crippen LogP contribution is -2.44. The minimum absolute atomic E-state index is 0.208. The second kappa shape index (κ2) is 12.3. The van der Waals surface area contributed by atoms with Crippen LogP contribution >= 0.6 is 35.2 Å². The van der Waals surface area contributed by atoms with Crippen LogP contribution in [0.25, 0.3) is 11.3 Å². The average molecular weight is 538 g/mol. The molecule has 3 aromatic carbocycles. The van der Waals surface area contributed by atoms with Gasteiger partial charge in [-0.05, 0) is 60.7 Å². The third-order valence-electron chi connectivity index (χ3n) is 5.16. The van der Waals surface area contributed by atoms with Crippen LogP contribution < -0.4 is 25.8 Å². The summed E-state index contributed by atoms with van der Waals surface area (Å²) in [5.74, 6) is 0.543. The van der Waals surface area contributed by atoms with Gasteiger partial charge in [0.05, 0.1) is 12.8 Å². The van der Waals surface area contributed by atoms with Crippen molar-refractivity contribution in [2.45, 2.75) is 6.42 Å². The van der Waals surface area contributed by atoms with Gasteiger partial charge in [-0.3, -0.25) is 15.6 Å². The van der Waals surface area contributed by atoms with Gasteiger partial charge in [0.1, 0.15) is 5.75 Å². The number of methoxy groups -OCH3 is 1. The zero-order valence-electron chi connectivity index (χ0n) is 19.4. The summed E-state index contributed by atoms with van der Waals surface area (Å²) in [7, 11) is 1.63. The highest BCUT2D eigenvalue weighted by Gasteiger charge is 2.16. The fourth-order valence-electron chi connectivity index (χ4n) is 3.32. The normalized spacial score (nSPS) is 10.4. The Kier molecular flexibility index (Phi) is 8.72. The van der Waals surface area contributed by atoms with Crippen molar-refractivity contribution in [1.82, 2.24) is 15.8 Å². The number of thiocarbonyl (C=S) groups is 1. The minimum Gasteiger partial charge on any atom is -0.497 e. The summed E-state index contributed by atoms with van der Waals surface area (Å²) in [6.45, 7) is 0.409. The van der Waals surface area contributed by atoms with E-state index in [1.807, 2.05) is 89.1 Å². The van der Waals surface area contributed by atoms with Crippen molar-refractivity contribution in [2.24, 2.45) is 0 Å². The van der Waals surface area contributed by atoms with Gasteiger partial charge < -0.3 is 15.0 Å². The summed E-state index contributed by atoms with van der Waals surface area (Å²) in [5, 5.41) is 6.75. The number of halogens is 1. The largest absolute Gasteiger partial charge is 0.497 e. The highest BCUT2D eigenvalue weighted by atomic mass is 35.5. The maximum Gasteiger partial charge on any atom is 0.240 e. The van der Waals surface area contributed by atoms with Gasteiger partial charge in [0, 0.05) is 40.3 Å². The van der Waals surface area contributed by atoms with Crippen molar-refractivity contribution in [3.63, 3.8) is 0 Å². The molecule has 0 aliphatic heterocycles. The number of carbonyl (C=O) groups excluding carboxylic acids is 1. The monoisotopic (exact) mass is 537 g/mol. The molecule has 0 aliphatic carbocycles. The molecule has 1 amide bonds. The van der Waals surface area contributed by atoms with Gasteiger partial charge in [-0.25, -0.2) is 4.98 Å². The minimum atomic E-state index is -0.208. The lowest BCUT2D eigenvalue weighted by molar-refractivity contribution is -0.121. The summed E-state index contributed by atoms with van der Waals surface area (Å²) >= 11 is 12.8. The molecule has 0 saturated carbocycles. The van der Waals surface area contributed by atoms with Crippen LogP contribution in [0, 0.1) is 0 Å². The molecular weight excluding hydrogens is 514 g/mol. The highest BCUT2D eigenvalue weighted by Crippen LogP contribution is 2.33. The van der Waals surface area contributed by atoms with E-state index >= 15 is 0 Å². The number of benzene rings is 3. The standard InChI is InChI=1S/C26H24ClN5O2S2/c1-34-22-13-11-21(12-14-22)32(26-29-23(17-36-26)18-7-9-19(27)10-8-18)16-15-24(33)30-31-25(35)28-20-5-3-2-4-6-20/h2-14,17H,15-16H2,1H3,(H,30,33)(H2,28,31,35). The Hall–Kier alpha value is -3.66. The number of hydrogen-bond donors (Lipinski definition) is 3. The number of aromatic nitrogens is 1. The predicted octanol–water partition coefficient (Wildman–Crippen LogP) is 6.02. The predicted molar refractivity (Wildman–Crippen MR) is 151 cm³/mol. The molecule has 10 heteroatoms. The second-order valence-electron chi connectivity index (χ2n) is 7.62. The number of nitrogens with zero attached hydrogens (tertiary/aromatic N) is 2. The number of rotatable bonds is 8. The maximum atomic E-state index is 12.6. The molecule has 1 aromatic heterocycles. The summed E-state index contributed by atoms with van der Waals surface area (Å²) in [5.41, 5.74) is 8.93. The molecule has 36 heavy (non-hydrogen) atoms. The number of carbonyl (C=O) groups is 1. The Balaban J connectivity index is 1.42. The van der Waals surface area contributed by atoms with Crippen molar-refractivity contribution < 1.29 is 9.53 Å². The van der Waals surface area contributed by atoms with Crippen molar-refractivity contribution in [2.75, 3.05) is 23.9 Å². The first kappa shape index (κ1) is 25.4. The number of para-hydroxylation sites is 1. The van der Waals surface area contributed by atoms with E-state index in [1.54, 1.807) is 7.11 Å². The van der Waals surface area contributed by atoms with Crippen molar-refractivity contribution in [3.8, 4) is 17.0 Å². The van der Waals surface area contributed by atoms with Crippen LogP contribution in [0.2, 0.25) is 5.02 Å². The molecule has 0 radical (unpaired) electrons. The van der Waals surface area contributed by atoms with Gasteiger partial charge in [-0.1, -0.05) is 41.9 Å². The fourth-order valence-corrected chi connectivity index (χ4v) is 4.50. The smallest absolute Gasteiger partial charge is 0.240 e. The van der Waals surface area contributed by atoms with E-state index in [1.165, 1.54) is 11.3 Å². The number of nitrogens with one attached hydrogen (secondary N) is 3. The molecule has 184 valence electrons. The Morgan fingerprint density at radius 1 is 1.03 bits per heavy atom. The van der Waals surface area contributed by atoms with E-state index in [0.717, 1.165) is 33.5 Å². The SMILES string of the molecule is COc1ccc(N(CCC(=O)NNC(=S)Nc2ccccc2)c2nc(-c3ccc(Cl)cc3)cs2)cc1. The molecule has 0 saturated heterocycles. The molecule has 0 aliphatic rings. The Bertz CT molecular complexity index is 1300. The zero-order valence-corrected chi connectivity index (χ0v) is 21.8. The van der Waals surface area contributed by atoms with E-state index in [-0.39, 0.29) is 12.3 Å². The zero-order chi connectivity index (χ0) is 25.3. The van der Waals surface area contributed by atoms with Gasteiger partial charge in [-0.2, -0.15) is 0 Å². The first-order chi connectivity index (χ1) is 17.5. The lowest BCUT2D eigenvalue weighted by Gasteiger charge is -2.22. The number of ether oxygens (including phenoxy) is 1. The number of thiazole rings is 1. The van der Waals surface area contributed by atoms with Gasteiger partial charge >= 0.3 is 0 Å². The topological polar surface area (TPSA) is 78.5 Å². The van der Waals surface area contributed by atoms with Crippen LogP contribution in [0.4, 0.5) is 16.5 Å². The molecular formula is C26H24ClN5O2S2. The summed E-state index contributed by atoms with van der Waals surface area (Å²) in [6, 6.07) is 24.7. The molecule has 4 rings (SSSR count). The Morgan fingerprint density at radius 2 is 1.75 bits per heavy atom. The molecule has 7 nitrogen and oxygen atoms in total. The third-order valence-corrected chi connectivity index (χ3v) is 6.48. The number of hydrazine groups is 1. The van der Waals surface area contributed by atoms with E-state index < -0.39 is 0 Å². The van der Waals surface area contributed by atoms with Crippen LogP contribution in [-0.4, -0.2) is 29.7 Å². The molecule has 0 atom stereocenters. The van der Waals surface area contributed by atoms with Crippen LogP contribution in [0.5, 0.6) is 5.75 Å². The highest BCUT2D eigenvalue weighted by molar-refractivity contribution is 7.80. The molecule has 4 aromatic rings. The van der Waals surface area contributed by atoms with Crippen LogP contribution in [0.1, 0.15) is 6.42 Å². The molecule has 0 unspecified atom stereocenters. The molecule has 0 bridgehead atoms. The van der Waals surface area contributed by atoms with E-state index in [9.17, 15) is 4.79 Å². The van der Waals surface area contributed by atoms with Gasteiger partial charge in [0.25, 0.3) is 0 Å². The van der Waals surface area contributed by atoms with Crippen LogP contribution in [0.15, 0.2) is 84.2 Å². The summed E-state index contributed by atoms with van der Waals surface area (Å²) in [4.78, 5) is 19.4. The lowest BCUT2D eigenvalue weighted by atomic mass is 10.2. The van der Waals surface area contributed by atoms with Crippen molar-refractivity contribution in [1.29, 1.82) is 0 Å².